The van der Waals surface area contributed by atoms with Crippen LogP contribution in [0.1, 0.15) is 31.4 Å². The van der Waals surface area contributed by atoms with Crippen LogP contribution in [0.5, 0.6) is 0 Å². The minimum atomic E-state index is -0.500. The van der Waals surface area contributed by atoms with Gasteiger partial charge >= 0.3 is 0 Å². The Hall–Kier alpha value is -0.0200. The molecular weight excluding hydrogens is 259 g/mol. The zero-order valence-electron chi connectivity index (χ0n) is 8.27. The van der Waals surface area contributed by atoms with Crippen molar-refractivity contribution in [1.29, 1.82) is 0 Å². The second-order valence-corrected chi connectivity index (χ2v) is 3.97. The Morgan fingerprint density at radius 3 is 2.40 bits per heavy atom. The number of hydrogen-bond donors (Lipinski definition) is 1. The van der Waals surface area contributed by atoms with Crippen LogP contribution in [-0.2, 0) is 0 Å². The van der Waals surface area contributed by atoms with Crippen LogP contribution in [0.2, 0.25) is 10.0 Å². The minimum absolute atomic E-state index is 0. The predicted molar refractivity (Wildman–Crippen MR) is 65.5 cm³/mol. The Labute approximate surface area is 105 Å². The average molecular weight is 273 g/mol. The first-order valence-electron chi connectivity index (χ1n) is 4.46. The molecule has 0 radical (unpaired) electrons. The zero-order valence-corrected chi connectivity index (χ0v) is 10.6. The fourth-order valence-electron chi connectivity index (χ4n) is 1.34. The largest absolute Gasteiger partial charge is 0.324 e. The van der Waals surface area contributed by atoms with Crippen molar-refractivity contribution in [3.8, 4) is 0 Å². The molecule has 0 heterocycles. The average Bonchev–Trinajstić information content (AvgIpc) is 2.13. The van der Waals surface area contributed by atoms with Crippen LogP contribution < -0.4 is 5.73 Å². The molecule has 0 spiro atoms. The third-order valence-electron chi connectivity index (χ3n) is 2.05. The summed E-state index contributed by atoms with van der Waals surface area (Å²) in [6, 6.07) is 2.62. The molecule has 0 aliphatic rings. The first-order valence-corrected chi connectivity index (χ1v) is 5.22. The maximum Gasteiger partial charge on any atom is 0.148 e. The van der Waals surface area contributed by atoms with E-state index >= 15 is 0 Å². The van der Waals surface area contributed by atoms with Crippen LogP contribution in [0.3, 0.4) is 0 Å². The third kappa shape index (κ3) is 3.49. The lowest BCUT2D eigenvalue weighted by Crippen LogP contribution is -2.12. The van der Waals surface area contributed by atoms with Gasteiger partial charge in [0.05, 0.1) is 5.02 Å². The molecule has 5 heteroatoms. The number of halogens is 4. The Morgan fingerprint density at radius 2 is 1.87 bits per heavy atom. The smallest absolute Gasteiger partial charge is 0.148 e. The standard InChI is InChI=1S/C10H12Cl2FN.ClH/c1-2-3-8(14)9-6(11)4-5-7(12)10(9)13;/h4-5,8H,2-3,14H2,1H3;1H/t8-;/m0./s1. The highest BCUT2D eigenvalue weighted by Gasteiger charge is 2.16. The molecule has 1 aromatic carbocycles. The molecule has 86 valence electrons. The summed E-state index contributed by atoms with van der Waals surface area (Å²) in [5, 5.41) is 0.406. The molecule has 0 bridgehead atoms. The summed E-state index contributed by atoms with van der Waals surface area (Å²) in [5.74, 6) is -0.500. The van der Waals surface area contributed by atoms with E-state index in [-0.39, 0.29) is 23.5 Å². The van der Waals surface area contributed by atoms with E-state index in [4.69, 9.17) is 28.9 Å². The maximum atomic E-state index is 13.5. The lowest BCUT2D eigenvalue weighted by atomic mass is 10.0. The molecule has 1 aromatic rings. The van der Waals surface area contributed by atoms with Crippen LogP contribution in [-0.4, -0.2) is 0 Å². The fraction of sp³-hybridized carbons (Fsp3) is 0.400. The molecule has 1 atom stereocenters. The molecule has 2 N–H and O–H groups in total. The molecule has 0 saturated carbocycles. The van der Waals surface area contributed by atoms with Crippen molar-refractivity contribution >= 4 is 35.6 Å². The van der Waals surface area contributed by atoms with E-state index in [1.54, 1.807) is 6.07 Å². The van der Waals surface area contributed by atoms with E-state index in [1.807, 2.05) is 6.92 Å². The van der Waals surface area contributed by atoms with Crippen LogP contribution in [0, 0.1) is 5.82 Å². The predicted octanol–water partition coefficient (Wildman–Crippen LogP) is 4.35. The summed E-state index contributed by atoms with van der Waals surface area (Å²) in [5.41, 5.74) is 6.11. The Balaban J connectivity index is 0.00000196. The highest BCUT2D eigenvalue weighted by molar-refractivity contribution is 6.33. The lowest BCUT2D eigenvalue weighted by Gasteiger charge is -2.14. The van der Waals surface area contributed by atoms with E-state index in [2.05, 4.69) is 0 Å². The maximum absolute atomic E-state index is 13.5. The second-order valence-electron chi connectivity index (χ2n) is 3.15. The monoisotopic (exact) mass is 271 g/mol. The van der Waals surface area contributed by atoms with Gasteiger partial charge in [-0.05, 0) is 18.6 Å². The van der Waals surface area contributed by atoms with Crippen molar-refractivity contribution in [2.24, 2.45) is 5.73 Å². The van der Waals surface area contributed by atoms with Gasteiger partial charge in [0.15, 0.2) is 0 Å². The first-order chi connectivity index (χ1) is 6.57. The SMILES string of the molecule is CCC[C@H](N)c1c(Cl)ccc(Cl)c1F.Cl. The van der Waals surface area contributed by atoms with Crippen LogP contribution >= 0.6 is 35.6 Å². The molecule has 15 heavy (non-hydrogen) atoms. The second kappa shape index (κ2) is 6.54. The summed E-state index contributed by atoms with van der Waals surface area (Å²) in [7, 11) is 0. The van der Waals surface area contributed by atoms with Gasteiger partial charge < -0.3 is 5.73 Å². The van der Waals surface area contributed by atoms with Crippen molar-refractivity contribution in [2.45, 2.75) is 25.8 Å². The van der Waals surface area contributed by atoms with Crippen LogP contribution in [0.4, 0.5) is 4.39 Å². The number of nitrogens with two attached hydrogens (primary N) is 1. The Kier molecular flexibility index (Phi) is 6.53. The normalized spacial score (nSPS) is 12.1. The molecule has 1 rings (SSSR count). The lowest BCUT2D eigenvalue weighted by molar-refractivity contribution is 0.560. The third-order valence-corrected chi connectivity index (χ3v) is 2.67. The molecule has 0 aliphatic carbocycles. The van der Waals surface area contributed by atoms with Gasteiger partial charge in [-0.1, -0.05) is 36.5 Å². The van der Waals surface area contributed by atoms with Gasteiger partial charge in [0.25, 0.3) is 0 Å². The Bertz CT molecular complexity index is 331. The van der Waals surface area contributed by atoms with E-state index in [0.29, 0.717) is 17.0 Å². The van der Waals surface area contributed by atoms with Crippen LogP contribution in [0.25, 0.3) is 0 Å². The van der Waals surface area contributed by atoms with Gasteiger partial charge in [-0.3, -0.25) is 0 Å². The van der Waals surface area contributed by atoms with Crippen molar-refractivity contribution in [3.63, 3.8) is 0 Å². The van der Waals surface area contributed by atoms with E-state index in [1.165, 1.54) is 6.07 Å². The van der Waals surface area contributed by atoms with Gasteiger partial charge in [-0.25, -0.2) is 4.39 Å². The van der Waals surface area contributed by atoms with Gasteiger partial charge in [-0.15, -0.1) is 12.4 Å². The molecule has 0 fully saturated rings. The van der Waals surface area contributed by atoms with E-state index in [0.717, 1.165) is 6.42 Å². The highest BCUT2D eigenvalue weighted by Crippen LogP contribution is 2.31. The Morgan fingerprint density at radius 1 is 1.33 bits per heavy atom. The van der Waals surface area contributed by atoms with Crippen LogP contribution in [0.15, 0.2) is 12.1 Å². The van der Waals surface area contributed by atoms with E-state index in [9.17, 15) is 4.39 Å². The number of hydrogen-bond acceptors (Lipinski definition) is 1. The molecule has 0 amide bonds. The molecule has 0 aromatic heterocycles. The van der Waals surface area contributed by atoms with Gasteiger partial charge in [-0.2, -0.15) is 0 Å². The number of benzene rings is 1. The summed E-state index contributed by atoms with van der Waals surface area (Å²) in [6.07, 6.45) is 1.57. The fourth-order valence-corrected chi connectivity index (χ4v) is 1.79. The minimum Gasteiger partial charge on any atom is -0.324 e. The molecule has 0 unspecified atom stereocenters. The van der Waals surface area contributed by atoms with Crippen molar-refractivity contribution < 1.29 is 4.39 Å². The molecule has 1 nitrogen and oxygen atoms in total. The highest BCUT2D eigenvalue weighted by atomic mass is 35.5. The van der Waals surface area contributed by atoms with E-state index < -0.39 is 5.82 Å². The quantitative estimate of drug-likeness (QED) is 0.813. The van der Waals surface area contributed by atoms with Crippen molar-refractivity contribution in [2.75, 3.05) is 0 Å². The summed E-state index contributed by atoms with van der Waals surface area (Å²) in [6.45, 7) is 1.98. The van der Waals surface area contributed by atoms with Crippen molar-refractivity contribution in [1.82, 2.24) is 0 Å². The van der Waals surface area contributed by atoms with Gasteiger partial charge in [0, 0.05) is 16.6 Å². The summed E-state index contributed by atoms with van der Waals surface area (Å²) >= 11 is 11.5. The van der Waals surface area contributed by atoms with Crippen molar-refractivity contribution in [3.05, 3.63) is 33.6 Å². The van der Waals surface area contributed by atoms with Gasteiger partial charge in [0.2, 0.25) is 0 Å². The topological polar surface area (TPSA) is 26.0 Å². The summed E-state index contributed by atoms with van der Waals surface area (Å²) < 4.78 is 13.5. The molecule has 0 aliphatic heterocycles. The summed E-state index contributed by atoms with van der Waals surface area (Å²) in [4.78, 5) is 0. The number of rotatable bonds is 3. The van der Waals surface area contributed by atoms with Gasteiger partial charge in [0.1, 0.15) is 5.82 Å². The molecule has 0 saturated heterocycles. The zero-order chi connectivity index (χ0) is 10.7. The molecular formula is C10H13Cl3FN. The first kappa shape index (κ1) is 15.0.